The molecule has 0 bridgehead atoms. The van der Waals surface area contributed by atoms with Gasteiger partial charge < -0.3 is 5.32 Å². The van der Waals surface area contributed by atoms with Crippen LogP contribution in [0.4, 0.5) is 0 Å². The number of hydrogen-bond donors (Lipinski definition) is 1. The van der Waals surface area contributed by atoms with Crippen molar-refractivity contribution in [3.63, 3.8) is 0 Å². The van der Waals surface area contributed by atoms with Crippen molar-refractivity contribution in [3.8, 4) is 0 Å². The number of allylic oxidation sites excluding steroid dienone is 1. The van der Waals surface area contributed by atoms with E-state index in [2.05, 4.69) is 32.7 Å². The van der Waals surface area contributed by atoms with E-state index in [9.17, 15) is 0 Å². The molecule has 0 saturated heterocycles. The van der Waals surface area contributed by atoms with Gasteiger partial charge in [0, 0.05) is 0 Å². The highest BCUT2D eigenvalue weighted by molar-refractivity contribution is 4.86. The zero-order valence-electron chi connectivity index (χ0n) is 12.4. The summed E-state index contributed by atoms with van der Waals surface area (Å²) in [5.41, 5.74) is 1.33. The van der Waals surface area contributed by atoms with Gasteiger partial charge in [0.05, 0.1) is 0 Å². The maximum atomic E-state index is 3.93. The van der Waals surface area contributed by atoms with Crippen LogP contribution in [0.15, 0.2) is 12.2 Å². The van der Waals surface area contributed by atoms with E-state index in [1.165, 1.54) is 70.0 Å². The monoisotopic (exact) mass is 239 g/mol. The molecule has 0 aliphatic rings. The summed E-state index contributed by atoms with van der Waals surface area (Å²) in [7, 11) is 0. The Labute approximate surface area is 109 Å². The third-order valence-corrected chi connectivity index (χ3v) is 3.09. The Morgan fingerprint density at radius 3 is 2.18 bits per heavy atom. The average Bonchev–Trinajstić information content (AvgIpc) is 2.25. The number of nitrogens with one attached hydrogen (secondary N) is 1. The van der Waals surface area contributed by atoms with Gasteiger partial charge in [-0.3, -0.25) is 0 Å². The molecule has 0 unspecified atom stereocenters. The highest BCUT2D eigenvalue weighted by atomic mass is 14.8. The third-order valence-electron chi connectivity index (χ3n) is 3.09. The Morgan fingerprint density at radius 1 is 0.941 bits per heavy atom. The van der Waals surface area contributed by atoms with E-state index in [1.807, 2.05) is 0 Å². The molecule has 0 aliphatic heterocycles. The molecule has 0 aromatic heterocycles. The van der Waals surface area contributed by atoms with E-state index in [0.717, 1.165) is 5.92 Å². The first-order valence-electron chi connectivity index (χ1n) is 7.48. The van der Waals surface area contributed by atoms with Gasteiger partial charge in [-0.2, -0.15) is 0 Å². The number of rotatable bonds is 12. The standard InChI is InChI=1S/C16H33N/c1-15(2)11-8-6-5-7-9-13-17-14-10-12-16(3)4/h16-17H,1,5-14H2,2-4H3. The van der Waals surface area contributed by atoms with Crippen LogP contribution < -0.4 is 5.32 Å². The smallest absolute Gasteiger partial charge is 0.00488 e. The van der Waals surface area contributed by atoms with Crippen molar-refractivity contribution in [1.82, 2.24) is 5.32 Å². The van der Waals surface area contributed by atoms with Crippen molar-refractivity contribution >= 4 is 0 Å². The summed E-state index contributed by atoms with van der Waals surface area (Å²) in [6, 6.07) is 0. The summed E-state index contributed by atoms with van der Waals surface area (Å²) in [4.78, 5) is 0. The maximum Gasteiger partial charge on any atom is -0.00488 e. The summed E-state index contributed by atoms with van der Waals surface area (Å²) in [6.45, 7) is 13.1. The van der Waals surface area contributed by atoms with E-state index < -0.39 is 0 Å². The second-order valence-electron chi connectivity index (χ2n) is 5.76. The molecule has 1 N–H and O–H groups in total. The molecule has 0 amide bonds. The van der Waals surface area contributed by atoms with Crippen molar-refractivity contribution in [2.75, 3.05) is 13.1 Å². The van der Waals surface area contributed by atoms with Crippen LogP contribution >= 0.6 is 0 Å². The second kappa shape index (κ2) is 12.2. The van der Waals surface area contributed by atoms with Crippen molar-refractivity contribution in [1.29, 1.82) is 0 Å². The zero-order chi connectivity index (χ0) is 12.9. The summed E-state index contributed by atoms with van der Waals surface area (Å²) in [6.07, 6.45) is 10.7. The summed E-state index contributed by atoms with van der Waals surface area (Å²) >= 11 is 0. The Bertz CT molecular complexity index is 172. The van der Waals surface area contributed by atoms with Crippen molar-refractivity contribution in [2.45, 2.75) is 72.1 Å². The van der Waals surface area contributed by atoms with E-state index in [0.29, 0.717) is 0 Å². The molecule has 102 valence electrons. The summed E-state index contributed by atoms with van der Waals surface area (Å²) in [5.74, 6) is 0.852. The molecule has 0 atom stereocenters. The summed E-state index contributed by atoms with van der Waals surface area (Å²) in [5, 5.41) is 3.54. The SMILES string of the molecule is C=C(C)CCCCCCCNCCCC(C)C. The number of unbranched alkanes of at least 4 members (excludes halogenated alkanes) is 4. The predicted molar refractivity (Wildman–Crippen MR) is 79.5 cm³/mol. The number of hydrogen-bond acceptors (Lipinski definition) is 1. The molecule has 17 heavy (non-hydrogen) atoms. The van der Waals surface area contributed by atoms with E-state index in [1.54, 1.807) is 0 Å². The van der Waals surface area contributed by atoms with Crippen LogP contribution in [-0.4, -0.2) is 13.1 Å². The minimum Gasteiger partial charge on any atom is -0.317 e. The Hall–Kier alpha value is -0.300. The molecule has 0 heterocycles. The molecule has 1 nitrogen and oxygen atoms in total. The molecular formula is C16H33N. The molecule has 0 rings (SSSR count). The van der Waals surface area contributed by atoms with Crippen LogP contribution in [0, 0.1) is 5.92 Å². The highest BCUT2D eigenvalue weighted by Crippen LogP contribution is 2.08. The van der Waals surface area contributed by atoms with Gasteiger partial charge in [0.1, 0.15) is 0 Å². The Kier molecular flexibility index (Phi) is 12.0. The van der Waals surface area contributed by atoms with Crippen molar-refractivity contribution in [2.24, 2.45) is 5.92 Å². The average molecular weight is 239 g/mol. The van der Waals surface area contributed by atoms with E-state index >= 15 is 0 Å². The predicted octanol–water partition coefficient (Wildman–Crippen LogP) is 4.93. The fourth-order valence-corrected chi connectivity index (χ4v) is 1.97. The molecule has 0 spiro atoms. The fourth-order valence-electron chi connectivity index (χ4n) is 1.97. The van der Waals surface area contributed by atoms with Gasteiger partial charge in [0.15, 0.2) is 0 Å². The lowest BCUT2D eigenvalue weighted by molar-refractivity contribution is 0.515. The molecule has 1 heteroatoms. The molecule has 0 fully saturated rings. The Morgan fingerprint density at radius 2 is 1.53 bits per heavy atom. The normalized spacial score (nSPS) is 11.1. The van der Waals surface area contributed by atoms with Crippen LogP contribution in [0.25, 0.3) is 0 Å². The van der Waals surface area contributed by atoms with Gasteiger partial charge in [-0.25, -0.2) is 0 Å². The minimum absolute atomic E-state index is 0.852. The van der Waals surface area contributed by atoms with Gasteiger partial charge in [-0.15, -0.1) is 6.58 Å². The first-order chi connectivity index (χ1) is 8.13. The van der Waals surface area contributed by atoms with Gasteiger partial charge in [0.2, 0.25) is 0 Å². The quantitative estimate of drug-likeness (QED) is 0.376. The maximum absolute atomic E-state index is 3.93. The van der Waals surface area contributed by atoms with Gasteiger partial charge in [-0.05, 0) is 58.0 Å². The lowest BCUT2D eigenvalue weighted by atomic mass is 10.1. The molecule has 0 saturated carbocycles. The van der Waals surface area contributed by atoms with Crippen molar-refractivity contribution < 1.29 is 0 Å². The van der Waals surface area contributed by atoms with Crippen LogP contribution in [0.3, 0.4) is 0 Å². The largest absolute Gasteiger partial charge is 0.317 e. The first-order valence-corrected chi connectivity index (χ1v) is 7.48. The summed E-state index contributed by atoms with van der Waals surface area (Å²) < 4.78 is 0. The van der Waals surface area contributed by atoms with E-state index in [4.69, 9.17) is 0 Å². The second-order valence-corrected chi connectivity index (χ2v) is 5.76. The van der Waals surface area contributed by atoms with Gasteiger partial charge >= 0.3 is 0 Å². The van der Waals surface area contributed by atoms with Gasteiger partial charge in [0.25, 0.3) is 0 Å². The van der Waals surface area contributed by atoms with Crippen molar-refractivity contribution in [3.05, 3.63) is 12.2 Å². The first kappa shape index (κ1) is 16.7. The lowest BCUT2D eigenvalue weighted by Gasteiger charge is -2.06. The topological polar surface area (TPSA) is 12.0 Å². The van der Waals surface area contributed by atoms with Crippen LogP contribution in [-0.2, 0) is 0 Å². The highest BCUT2D eigenvalue weighted by Gasteiger charge is 1.94. The van der Waals surface area contributed by atoms with Gasteiger partial charge in [-0.1, -0.05) is 38.7 Å². The fraction of sp³-hybridized carbons (Fsp3) is 0.875. The molecule has 0 aliphatic carbocycles. The molecule has 0 aromatic carbocycles. The molecule has 0 aromatic rings. The van der Waals surface area contributed by atoms with Crippen LogP contribution in [0.1, 0.15) is 72.1 Å². The zero-order valence-corrected chi connectivity index (χ0v) is 12.4. The third kappa shape index (κ3) is 15.7. The molecular weight excluding hydrogens is 206 g/mol. The lowest BCUT2D eigenvalue weighted by Crippen LogP contribution is -2.17. The van der Waals surface area contributed by atoms with Crippen LogP contribution in [0.5, 0.6) is 0 Å². The minimum atomic E-state index is 0.852. The Balaban J connectivity index is 2.96. The van der Waals surface area contributed by atoms with Crippen LogP contribution in [0.2, 0.25) is 0 Å². The molecule has 0 radical (unpaired) electrons. The van der Waals surface area contributed by atoms with E-state index in [-0.39, 0.29) is 0 Å².